The lowest BCUT2D eigenvalue weighted by atomic mass is 10.3. The van der Waals surface area contributed by atoms with Crippen LogP contribution >= 0.6 is 27.3 Å². The van der Waals surface area contributed by atoms with Crippen LogP contribution in [-0.4, -0.2) is 14.3 Å². The Morgan fingerprint density at radius 1 is 0.960 bits per heavy atom. The molecule has 2 N–H and O–H groups in total. The molecule has 128 valence electrons. The second-order valence-electron chi connectivity index (χ2n) is 5.08. The van der Waals surface area contributed by atoms with Gasteiger partial charge in [0, 0.05) is 21.2 Å². The van der Waals surface area contributed by atoms with Crippen molar-refractivity contribution in [2.45, 2.75) is 4.90 Å². The number of rotatable bonds is 5. The number of amides is 1. The highest BCUT2D eigenvalue weighted by atomic mass is 79.9. The van der Waals surface area contributed by atoms with Crippen molar-refractivity contribution in [3.63, 3.8) is 0 Å². The number of anilines is 2. The summed E-state index contributed by atoms with van der Waals surface area (Å²) in [6, 6.07) is 17.1. The lowest BCUT2D eigenvalue weighted by molar-refractivity contribution is 0.103. The van der Waals surface area contributed by atoms with E-state index < -0.39 is 10.0 Å². The summed E-state index contributed by atoms with van der Waals surface area (Å²) < 4.78 is 28.2. The number of sulfonamides is 1. The molecule has 2 aromatic carbocycles. The minimum atomic E-state index is -3.75. The molecule has 0 aliphatic carbocycles. The molecule has 0 aliphatic rings. The zero-order chi connectivity index (χ0) is 17.9. The van der Waals surface area contributed by atoms with Gasteiger partial charge in [-0.2, -0.15) is 0 Å². The first-order valence-electron chi connectivity index (χ1n) is 7.17. The van der Waals surface area contributed by atoms with Crippen LogP contribution in [0.25, 0.3) is 0 Å². The minimum Gasteiger partial charge on any atom is -0.321 e. The van der Waals surface area contributed by atoms with E-state index in [0.717, 1.165) is 15.8 Å². The van der Waals surface area contributed by atoms with E-state index in [2.05, 4.69) is 26.0 Å². The molecular formula is C17H13BrN2O3S2. The Morgan fingerprint density at radius 2 is 1.64 bits per heavy atom. The Bertz CT molecular complexity index is 984. The van der Waals surface area contributed by atoms with E-state index in [4.69, 9.17) is 0 Å². The van der Waals surface area contributed by atoms with Crippen molar-refractivity contribution in [1.82, 2.24) is 0 Å². The maximum atomic E-state index is 12.4. The fourth-order valence-electron chi connectivity index (χ4n) is 2.02. The van der Waals surface area contributed by atoms with E-state index in [1.54, 1.807) is 36.4 Å². The predicted molar refractivity (Wildman–Crippen MR) is 104 cm³/mol. The van der Waals surface area contributed by atoms with Crippen molar-refractivity contribution < 1.29 is 13.2 Å². The average molecular weight is 437 g/mol. The number of benzene rings is 2. The standard InChI is InChI=1S/C17H13BrN2O3S2/c18-12-6-8-14(9-7-12)20-25(22,23)15-10-16(24-11-15)17(21)19-13-4-2-1-3-5-13/h1-11,20H,(H,19,21). The predicted octanol–water partition coefficient (Wildman–Crippen LogP) is 4.56. The molecule has 1 heterocycles. The maximum absolute atomic E-state index is 12.4. The fourth-order valence-corrected chi connectivity index (χ4v) is 4.52. The van der Waals surface area contributed by atoms with Crippen molar-refractivity contribution in [3.8, 4) is 0 Å². The second kappa shape index (κ2) is 7.38. The van der Waals surface area contributed by atoms with Crippen molar-refractivity contribution in [1.29, 1.82) is 0 Å². The van der Waals surface area contributed by atoms with Crippen LogP contribution in [0, 0.1) is 0 Å². The third kappa shape index (κ3) is 4.47. The van der Waals surface area contributed by atoms with Gasteiger partial charge >= 0.3 is 0 Å². The topological polar surface area (TPSA) is 75.3 Å². The van der Waals surface area contributed by atoms with Gasteiger partial charge in [-0.25, -0.2) is 8.42 Å². The molecular weight excluding hydrogens is 424 g/mol. The van der Waals surface area contributed by atoms with E-state index in [1.165, 1.54) is 11.4 Å². The van der Waals surface area contributed by atoms with Gasteiger partial charge in [-0.15, -0.1) is 11.3 Å². The molecule has 5 nitrogen and oxygen atoms in total. The third-order valence-electron chi connectivity index (χ3n) is 3.24. The van der Waals surface area contributed by atoms with Gasteiger partial charge in [0.2, 0.25) is 0 Å². The largest absolute Gasteiger partial charge is 0.321 e. The van der Waals surface area contributed by atoms with Gasteiger partial charge in [-0.3, -0.25) is 9.52 Å². The first kappa shape index (κ1) is 17.7. The van der Waals surface area contributed by atoms with Crippen LogP contribution in [0.5, 0.6) is 0 Å². The molecule has 1 aromatic heterocycles. The number of hydrogen-bond donors (Lipinski definition) is 2. The van der Waals surface area contributed by atoms with E-state index >= 15 is 0 Å². The van der Waals surface area contributed by atoms with Gasteiger partial charge in [0.1, 0.15) is 0 Å². The molecule has 0 radical (unpaired) electrons. The highest BCUT2D eigenvalue weighted by Gasteiger charge is 2.19. The monoisotopic (exact) mass is 436 g/mol. The van der Waals surface area contributed by atoms with Crippen molar-refractivity contribution in [2.24, 2.45) is 0 Å². The highest BCUT2D eigenvalue weighted by molar-refractivity contribution is 9.10. The SMILES string of the molecule is O=C(Nc1ccccc1)c1cc(S(=O)(=O)Nc2ccc(Br)cc2)cs1. The van der Waals surface area contributed by atoms with Gasteiger partial charge < -0.3 is 5.32 Å². The molecule has 0 fully saturated rings. The summed E-state index contributed by atoms with van der Waals surface area (Å²) in [5, 5.41) is 4.18. The lowest BCUT2D eigenvalue weighted by Gasteiger charge is -2.06. The molecule has 8 heteroatoms. The number of carbonyl (C=O) groups is 1. The maximum Gasteiger partial charge on any atom is 0.265 e. The number of para-hydroxylation sites is 1. The molecule has 0 saturated carbocycles. The van der Waals surface area contributed by atoms with Crippen molar-refractivity contribution in [3.05, 3.63) is 75.4 Å². The highest BCUT2D eigenvalue weighted by Crippen LogP contribution is 2.23. The normalized spacial score (nSPS) is 11.1. The number of carbonyl (C=O) groups excluding carboxylic acids is 1. The lowest BCUT2D eigenvalue weighted by Crippen LogP contribution is -2.13. The molecule has 0 unspecified atom stereocenters. The molecule has 3 rings (SSSR count). The van der Waals surface area contributed by atoms with Crippen LogP contribution in [-0.2, 0) is 10.0 Å². The van der Waals surface area contributed by atoms with Crippen molar-refractivity contribution >= 4 is 54.6 Å². The molecule has 0 aliphatic heterocycles. The van der Waals surface area contributed by atoms with E-state index in [9.17, 15) is 13.2 Å². The third-order valence-corrected chi connectivity index (χ3v) is 6.21. The Labute approximate surface area is 157 Å². The molecule has 0 saturated heterocycles. The van der Waals surface area contributed by atoms with Gasteiger partial charge in [0.15, 0.2) is 0 Å². The Balaban J connectivity index is 1.75. The minimum absolute atomic E-state index is 0.0543. The summed E-state index contributed by atoms with van der Waals surface area (Å²) in [4.78, 5) is 12.6. The number of halogens is 1. The van der Waals surface area contributed by atoms with Gasteiger partial charge in [-0.1, -0.05) is 34.1 Å². The molecule has 1 amide bonds. The number of hydrogen-bond acceptors (Lipinski definition) is 4. The van der Waals surface area contributed by atoms with Crippen LogP contribution in [0.4, 0.5) is 11.4 Å². The number of nitrogens with one attached hydrogen (secondary N) is 2. The van der Waals surface area contributed by atoms with E-state index in [1.807, 2.05) is 18.2 Å². The van der Waals surface area contributed by atoms with E-state index in [-0.39, 0.29) is 10.8 Å². The second-order valence-corrected chi connectivity index (χ2v) is 8.59. The van der Waals surface area contributed by atoms with Gasteiger partial charge in [-0.05, 0) is 42.5 Å². The fraction of sp³-hybridized carbons (Fsp3) is 0. The summed E-state index contributed by atoms with van der Waals surface area (Å²) in [7, 11) is -3.75. The number of thiophene rings is 1. The molecule has 0 spiro atoms. The first-order valence-corrected chi connectivity index (χ1v) is 10.3. The van der Waals surface area contributed by atoms with Crippen LogP contribution in [0.1, 0.15) is 9.67 Å². The summed E-state index contributed by atoms with van der Waals surface area (Å²) >= 11 is 4.37. The summed E-state index contributed by atoms with van der Waals surface area (Å²) in [5.74, 6) is -0.346. The van der Waals surface area contributed by atoms with Crippen LogP contribution in [0.2, 0.25) is 0 Å². The summed E-state index contributed by atoms with van der Waals surface area (Å²) in [6.45, 7) is 0. The zero-order valence-electron chi connectivity index (χ0n) is 12.8. The Kier molecular flexibility index (Phi) is 5.22. The molecule has 25 heavy (non-hydrogen) atoms. The van der Waals surface area contributed by atoms with Gasteiger partial charge in [0.05, 0.1) is 9.77 Å². The van der Waals surface area contributed by atoms with Crippen LogP contribution < -0.4 is 10.0 Å². The zero-order valence-corrected chi connectivity index (χ0v) is 16.0. The Morgan fingerprint density at radius 3 is 2.32 bits per heavy atom. The van der Waals surface area contributed by atoms with Crippen molar-refractivity contribution in [2.75, 3.05) is 10.0 Å². The molecule has 0 atom stereocenters. The summed E-state index contributed by atoms with van der Waals surface area (Å²) in [6.07, 6.45) is 0. The summed E-state index contributed by atoms with van der Waals surface area (Å²) in [5.41, 5.74) is 1.10. The molecule has 3 aromatic rings. The molecule has 0 bridgehead atoms. The van der Waals surface area contributed by atoms with E-state index in [0.29, 0.717) is 16.3 Å². The van der Waals surface area contributed by atoms with Gasteiger partial charge in [0.25, 0.3) is 15.9 Å². The van der Waals surface area contributed by atoms with Crippen LogP contribution in [0.3, 0.4) is 0 Å². The smallest absolute Gasteiger partial charge is 0.265 e. The average Bonchev–Trinajstić information content (AvgIpc) is 3.09. The van der Waals surface area contributed by atoms with Crippen LogP contribution in [0.15, 0.2) is 75.4 Å². The Hall–Kier alpha value is -2.16. The first-order chi connectivity index (χ1) is 11.9. The quantitative estimate of drug-likeness (QED) is 0.615.